The van der Waals surface area contributed by atoms with Crippen LogP contribution in [0.4, 0.5) is 0 Å². The Morgan fingerprint density at radius 2 is 2.27 bits per heavy atom. The quantitative estimate of drug-likeness (QED) is 0.823. The topological polar surface area (TPSA) is 47.4 Å². The molecule has 0 bridgehead atoms. The van der Waals surface area contributed by atoms with Gasteiger partial charge in [0.1, 0.15) is 11.6 Å². The van der Waals surface area contributed by atoms with Crippen LogP contribution >= 0.6 is 0 Å². The number of hydrogen-bond donors (Lipinski definition) is 0. The summed E-state index contributed by atoms with van der Waals surface area (Å²) in [5.74, 6) is 1.89. The minimum absolute atomic E-state index is 0.124. The number of ether oxygens (including phenoxy) is 1. The van der Waals surface area contributed by atoms with Crippen molar-refractivity contribution in [3.05, 3.63) is 48.0 Å². The van der Waals surface area contributed by atoms with Gasteiger partial charge in [-0.25, -0.2) is 4.98 Å². The molecule has 1 aromatic carbocycles. The van der Waals surface area contributed by atoms with Gasteiger partial charge in [0.05, 0.1) is 13.7 Å². The minimum atomic E-state index is 0.124. The van der Waals surface area contributed by atoms with Crippen molar-refractivity contribution in [2.45, 2.75) is 38.9 Å². The van der Waals surface area contributed by atoms with Crippen molar-refractivity contribution < 1.29 is 9.53 Å². The van der Waals surface area contributed by atoms with Gasteiger partial charge in [-0.1, -0.05) is 12.1 Å². The summed E-state index contributed by atoms with van der Waals surface area (Å²) in [4.78, 5) is 18.1. The third-order valence-corrected chi connectivity index (χ3v) is 3.99. The molecule has 0 N–H and O–H groups in total. The van der Waals surface area contributed by atoms with E-state index in [2.05, 4.69) is 15.6 Å². The minimum Gasteiger partial charge on any atom is -0.497 e. The van der Waals surface area contributed by atoms with E-state index in [1.165, 1.54) is 0 Å². The van der Waals surface area contributed by atoms with Crippen LogP contribution in [0.1, 0.15) is 31.2 Å². The average Bonchev–Trinajstić information content (AvgIpc) is 3.26. The van der Waals surface area contributed by atoms with Gasteiger partial charge >= 0.3 is 0 Å². The lowest BCUT2D eigenvalue weighted by atomic mass is 10.2. The molecule has 0 radical (unpaired) electrons. The predicted octanol–water partition coefficient (Wildman–Crippen LogP) is 2.45. The van der Waals surface area contributed by atoms with E-state index < -0.39 is 0 Å². The molecular weight excluding hydrogens is 278 g/mol. The third-order valence-electron chi connectivity index (χ3n) is 3.99. The Labute approximate surface area is 130 Å². The summed E-state index contributed by atoms with van der Waals surface area (Å²) in [5.41, 5.74) is 1.15. The van der Waals surface area contributed by atoms with Gasteiger partial charge < -0.3 is 14.2 Å². The van der Waals surface area contributed by atoms with Crippen LogP contribution in [0.15, 0.2) is 36.7 Å². The molecule has 0 saturated heterocycles. The summed E-state index contributed by atoms with van der Waals surface area (Å²) < 4.78 is 7.35. The summed E-state index contributed by atoms with van der Waals surface area (Å²) in [6.07, 6.45) is 5.97. The van der Waals surface area contributed by atoms with Gasteiger partial charge in [-0.3, -0.25) is 4.79 Å². The molecule has 0 unspecified atom stereocenters. The van der Waals surface area contributed by atoms with E-state index in [1.807, 2.05) is 29.3 Å². The summed E-state index contributed by atoms with van der Waals surface area (Å²) in [6.45, 7) is 2.94. The first-order chi connectivity index (χ1) is 10.7. The molecule has 1 fully saturated rings. The molecule has 22 heavy (non-hydrogen) atoms. The summed E-state index contributed by atoms with van der Waals surface area (Å²) in [7, 11) is 1.67. The lowest BCUT2D eigenvalue weighted by Gasteiger charge is -2.20. The fraction of sp³-hybridized carbons (Fsp3) is 0.412. The van der Waals surface area contributed by atoms with Crippen LogP contribution in [0.3, 0.4) is 0 Å². The van der Waals surface area contributed by atoms with Crippen LogP contribution in [0.5, 0.6) is 5.75 Å². The SMILES string of the molecule is COc1cccc(Cn2ccnc2CN(C(C)=O)C2CC2)c1. The molecule has 0 spiro atoms. The highest BCUT2D eigenvalue weighted by Gasteiger charge is 2.31. The van der Waals surface area contributed by atoms with Crippen molar-refractivity contribution in [2.24, 2.45) is 0 Å². The molecular formula is C17H21N3O2. The number of methoxy groups -OCH3 is 1. The average molecular weight is 299 g/mol. The van der Waals surface area contributed by atoms with Gasteiger partial charge in [0.2, 0.25) is 5.91 Å². The first-order valence-electron chi connectivity index (χ1n) is 7.57. The van der Waals surface area contributed by atoms with Crippen molar-refractivity contribution in [3.63, 3.8) is 0 Å². The predicted molar refractivity (Wildman–Crippen MR) is 83.6 cm³/mol. The number of amides is 1. The van der Waals surface area contributed by atoms with Crippen LogP contribution in [0.25, 0.3) is 0 Å². The number of carbonyl (C=O) groups is 1. The van der Waals surface area contributed by atoms with E-state index in [0.717, 1.165) is 36.5 Å². The standard InChI is InChI=1S/C17H21N3O2/c1-13(21)20(15-6-7-15)12-17-18-8-9-19(17)11-14-4-3-5-16(10-14)22-2/h3-5,8-10,15H,6-7,11-12H2,1-2H3. The number of aromatic nitrogens is 2. The van der Waals surface area contributed by atoms with Gasteiger partial charge in [-0.2, -0.15) is 0 Å². The Morgan fingerprint density at radius 3 is 2.95 bits per heavy atom. The molecule has 1 saturated carbocycles. The van der Waals surface area contributed by atoms with Crippen LogP contribution in [0, 0.1) is 0 Å². The molecule has 0 atom stereocenters. The molecule has 1 heterocycles. The van der Waals surface area contributed by atoms with Gasteiger partial charge in [0.15, 0.2) is 0 Å². The monoisotopic (exact) mass is 299 g/mol. The van der Waals surface area contributed by atoms with E-state index in [-0.39, 0.29) is 5.91 Å². The highest BCUT2D eigenvalue weighted by atomic mass is 16.5. The zero-order valence-corrected chi connectivity index (χ0v) is 13.0. The number of carbonyl (C=O) groups excluding carboxylic acids is 1. The third kappa shape index (κ3) is 3.30. The van der Waals surface area contributed by atoms with Crippen molar-refractivity contribution in [2.75, 3.05) is 7.11 Å². The highest BCUT2D eigenvalue weighted by Crippen LogP contribution is 2.28. The molecule has 3 rings (SSSR count). The first kappa shape index (κ1) is 14.6. The number of rotatable bonds is 6. The molecule has 116 valence electrons. The summed E-state index contributed by atoms with van der Waals surface area (Å²) >= 11 is 0. The van der Waals surface area contributed by atoms with Gasteiger partial charge in [0, 0.05) is 31.9 Å². The number of imidazole rings is 1. The van der Waals surface area contributed by atoms with E-state index >= 15 is 0 Å². The lowest BCUT2D eigenvalue weighted by molar-refractivity contribution is -0.130. The number of nitrogens with zero attached hydrogens (tertiary/aromatic N) is 3. The van der Waals surface area contributed by atoms with Crippen LogP contribution < -0.4 is 4.74 Å². The zero-order chi connectivity index (χ0) is 15.5. The van der Waals surface area contributed by atoms with Crippen LogP contribution in [-0.4, -0.2) is 33.5 Å². The Hall–Kier alpha value is -2.30. The first-order valence-corrected chi connectivity index (χ1v) is 7.57. The largest absolute Gasteiger partial charge is 0.497 e. The van der Waals surface area contributed by atoms with E-state index in [9.17, 15) is 4.79 Å². The molecule has 1 aliphatic carbocycles. The molecule has 5 nitrogen and oxygen atoms in total. The second-order valence-electron chi connectivity index (χ2n) is 5.70. The fourth-order valence-corrected chi connectivity index (χ4v) is 2.64. The summed E-state index contributed by atoms with van der Waals surface area (Å²) in [6, 6.07) is 8.41. The molecule has 0 aliphatic heterocycles. The molecule has 2 aromatic rings. The molecule has 1 aromatic heterocycles. The van der Waals surface area contributed by atoms with Crippen LogP contribution in [-0.2, 0) is 17.9 Å². The Kier molecular flexibility index (Phi) is 4.13. The number of benzene rings is 1. The normalized spacial score (nSPS) is 13.9. The summed E-state index contributed by atoms with van der Waals surface area (Å²) in [5, 5.41) is 0. The fourth-order valence-electron chi connectivity index (χ4n) is 2.64. The smallest absolute Gasteiger partial charge is 0.220 e. The van der Waals surface area contributed by atoms with Crippen LogP contribution in [0.2, 0.25) is 0 Å². The number of hydrogen-bond acceptors (Lipinski definition) is 3. The Morgan fingerprint density at radius 1 is 1.45 bits per heavy atom. The Balaban J connectivity index is 1.75. The van der Waals surface area contributed by atoms with Crippen molar-refractivity contribution in [3.8, 4) is 5.75 Å². The lowest BCUT2D eigenvalue weighted by Crippen LogP contribution is -2.31. The highest BCUT2D eigenvalue weighted by molar-refractivity contribution is 5.73. The van der Waals surface area contributed by atoms with Gasteiger partial charge in [0.25, 0.3) is 0 Å². The van der Waals surface area contributed by atoms with E-state index in [4.69, 9.17) is 4.74 Å². The molecule has 1 aliphatic rings. The zero-order valence-electron chi connectivity index (χ0n) is 13.0. The van der Waals surface area contributed by atoms with Gasteiger partial charge in [-0.15, -0.1) is 0 Å². The maximum atomic E-state index is 11.8. The molecule has 5 heteroatoms. The second kappa shape index (κ2) is 6.22. The maximum absolute atomic E-state index is 11.8. The maximum Gasteiger partial charge on any atom is 0.220 e. The van der Waals surface area contributed by atoms with Crippen molar-refractivity contribution in [1.82, 2.24) is 14.5 Å². The van der Waals surface area contributed by atoms with E-state index in [0.29, 0.717) is 12.6 Å². The second-order valence-corrected chi connectivity index (χ2v) is 5.70. The Bertz CT molecular complexity index is 661. The molecule has 1 amide bonds. The van der Waals surface area contributed by atoms with E-state index in [1.54, 1.807) is 20.2 Å². The van der Waals surface area contributed by atoms with Gasteiger partial charge in [-0.05, 0) is 30.5 Å². The van der Waals surface area contributed by atoms with Crippen molar-refractivity contribution >= 4 is 5.91 Å². The van der Waals surface area contributed by atoms with Crippen molar-refractivity contribution in [1.29, 1.82) is 0 Å².